The summed E-state index contributed by atoms with van der Waals surface area (Å²) in [7, 11) is 0. The molecule has 0 aliphatic heterocycles. The molecule has 0 saturated carbocycles. The number of rotatable bonds is 13. The number of alkyl halides is 6. The fraction of sp³-hybridized carbons (Fsp3) is 0.346. The Balaban J connectivity index is 1.22. The highest BCUT2D eigenvalue weighted by Crippen LogP contribution is 2.27. The molecule has 45 heavy (non-hydrogen) atoms. The van der Waals surface area contributed by atoms with Gasteiger partial charge in [0.15, 0.2) is 11.4 Å². The van der Waals surface area contributed by atoms with E-state index in [2.05, 4.69) is 41.0 Å². The molecule has 0 bridgehead atoms. The van der Waals surface area contributed by atoms with Crippen molar-refractivity contribution in [3.63, 3.8) is 0 Å². The van der Waals surface area contributed by atoms with Crippen molar-refractivity contribution in [1.29, 1.82) is 0 Å². The number of benzene rings is 1. The van der Waals surface area contributed by atoms with Crippen molar-refractivity contribution >= 4 is 11.8 Å². The van der Waals surface area contributed by atoms with Crippen LogP contribution in [-0.2, 0) is 32.4 Å². The molecule has 19 heteroatoms. The molecule has 0 saturated heterocycles. The Kier molecular flexibility index (Phi) is 9.98. The minimum absolute atomic E-state index is 0.00722. The van der Waals surface area contributed by atoms with Gasteiger partial charge in [0.05, 0.1) is 31.2 Å². The van der Waals surface area contributed by atoms with Crippen LogP contribution in [0.5, 0.6) is 5.75 Å². The first-order valence-electron chi connectivity index (χ1n) is 13.1. The maximum absolute atomic E-state index is 14.6. The molecule has 0 spiro atoms. The fourth-order valence-electron chi connectivity index (χ4n) is 3.79. The molecule has 2 amide bonds. The second-order valence-electron chi connectivity index (χ2n) is 9.62. The second kappa shape index (κ2) is 13.7. The summed E-state index contributed by atoms with van der Waals surface area (Å²) >= 11 is 0. The van der Waals surface area contributed by atoms with Gasteiger partial charge in [0.25, 0.3) is 11.8 Å². The zero-order valence-electron chi connectivity index (χ0n) is 23.2. The van der Waals surface area contributed by atoms with Gasteiger partial charge < -0.3 is 15.4 Å². The number of carbonyl (C=O) groups is 2. The monoisotopic (exact) mass is 643 g/mol. The van der Waals surface area contributed by atoms with Crippen LogP contribution in [0.1, 0.15) is 51.3 Å². The average molecular weight is 644 g/mol. The first-order valence-corrected chi connectivity index (χ1v) is 13.1. The van der Waals surface area contributed by atoms with Crippen molar-refractivity contribution in [2.75, 3.05) is 0 Å². The Morgan fingerprint density at radius 1 is 0.933 bits per heavy atom. The smallest absolute Gasteiger partial charge is 0.433 e. The van der Waals surface area contributed by atoms with Crippen molar-refractivity contribution in [1.82, 2.24) is 45.6 Å². The molecule has 0 aliphatic rings. The Labute approximate surface area is 249 Å². The van der Waals surface area contributed by atoms with Gasteiger partial charge in [0.1, 0.15) is 23.4 Å². The first kappa shape index (κ1) is 32.8. The zero-order chi connectivity index (χ0) is 32.8. The molecule has 3 heterocycles. The number of halogens is 7. The lowest BCUT2D eigenvalue weighted by Gasteiger charge is -2.14. The maximum atomic E-state index is 14.6. The van der Waals surface area contributed by atoms with Crippen molar-refractivity contribution < 1.29 is 45.1 Å². The summed E-state index contributed by atoms with van der Waals surface area (Å²) in [6.07, 6.45) is -7.32. The Morgan fingerprint density at radius 2 is 1.58 bits per heavy atom. The van der Waals surface area contributed by atoms with E-state index in [1.165, 1.54) is 16.9 Å². The summed E-state index contributed by atoms with van der Waals surface area (Å²) in [5, 5.41) is 19.5. The highest BCUT2D eigenvalue weighted by molar-refractivity contribution is 5.92. The third-order valence-electron chi connectivity index (χ3n) is 5.88. The average Bonchev–Trinajstić information content (AvgIpc) is 3.64. The Hall–Kier alpha value is -5.10. The van der Waals surface area contributed by atoms with E-state index in [9.17, 15) is 40.3 Å². The van der Waals surface area contributed by atoms with Crippen molar-refractivity contribution in [2.45, 2.75) is 58.0 Å². The largest absolute Gasteiger partial charge is 0.433 e. The van der Waals surface area contributed by atoms with E-state index in [4.69, 9.17) is 0 Å². The molecule has 4 rings (SSSR count). The minimum Gasteiger partial charge on any atom is -0.433 e. The number of hydrogen-bond acceptors (Lipinski definition) is 8. The molecule has 0 radical (unpaired) electrons. The summed E-state index contributed by atoms with van der Waals surface area (Å²) in [6, 6.07) is 6.23. The Bertz CT molecular complexity index is 1640. The molecule has 0 fully saturated rings. The summed E-state index contributed by atoms with van der Waals surface area (Å²) in [6.45, 7) is -0.452. The lowest BCUT2D eigenvalue weighted by Crippen LogP contribution is -2.24. The number of nitrogens with zero attached hydrogens (tertiary/aromatic N) is 7. The van der Waals surface area contributed by atoms with Crippen LogP contribution in [0.4, 0.5) is 30.7 Å². The highest BCUT2D eigenvalue weighted by Gasteiger charge is 2.32. The van der Waals surface area contributed by atoms with Gasteiger partial charge in [-0.2, -0.15) is 22.0 Å². The molecule has 0 aliphatic carbocycles. The third-order valence-corrected chi connectivity index (χ3v) is 5.88. The van der Waals surface area contributed by atoms with E-state index < -0.39 is 41.8 Å². The zero-order valence-corrected chi connectivity index (χ0v) is 23.2. The van der Waals surface area contributed by atoms with Crippen LogP contribution in [0, 0.1) is 5.82 Å². The van der Waals surface area contributed by atoms with Crippen LogP contribution in [0.3, 0.4) is 0 Å². The maximum Gasteiger partial charge on any atom is 0.433 e. The molecule has 4 aromatic rings. The summed E-state index contributed by atoms with van der Waals surface area (Å²) in [5.74, 6) is -2.55. The van der Waals surface area contributed by atoms with Crippen LogP contribution < -0.4 is 15.4 Å². The first-order chi connectivity index (χ1) is 21.2. The number of carbonyl (C=O) groups excluding carboxylic acids is 2. The molecule has 12 nitrogen and oxygen atoms in total. The van der Waals surface area contributed by atoms with Gasteiger partial charge in [-0.1, -0.05) is 16.5 Å². The predicted octanol–water partition coefficient (Wildman–Crippen LogP) is 3.70. The van der Waals surface area contributed by atoms with E-state index in [1.807, 2.05) is 0 Å². The van der Waals surface area contributed by atoms with E-state index in [0.717, 1.165) is 41.2 Å². The van der Waals surface area contributed by atoms with Crippen LogP contribution in [0.25, 0.3) is 0 Å². The SMILES string of the molecule is CC(F)(F)Oc1ccc(F)c(CNC(=O)c2cn(CCC(F)Cn3cc(C(=O)NCc4cccc(C(F)(F)F)n4)nn3)nn2)c1. The predicted molar refractivity (Wildman–Crippen MR) is 139 cm³/mol. The number of aromatic nitrogens is 7. The molecule has 2 N–H and O–H groups in total. The highest BCUT2D eigenvalue weighted by atomic mass is 19.4. The number of ether oxygens (including phenoxy) is 1. The van der Waals surface area contributed by atoms with Gasteiger partial charge >= 0.3 is 12.3 Å². The number of pyridine rings is 1. The molecule has 1 unspecified atom stereocenters. The van der Waals surface area contributed by atoms with Gasteiger partial charge in [-0.05, 0) is 30.3 Å². The normalized spacial score (nSPS) is 12.5. The summed E-state index contributed by atoms with van der Waals surface area (Å²) in [4.78, 5) is 28.1. The van der Waals surface area contributed by atoms with Crippen LogP contribution in [-0.4, -0.2) is 59.1 Å². The topological polar surface area (TPSA) is 142 Å². The number of nitrogens with one attached hydrogen (secondary N) is 2. The van der Waals surface area contributed by atoms with Gasteiger partial charge in [0.2, 0.25) is 0 Å². The van der Waals surface area contributed by atoms with E-state index >= 15 is 0 Å². The molecule has 1 aromatic carbocycles. The van der Waals surface area contributed by atoms with Gasteiger partial charge in [0, 0.05) is 32.0 Å². The quantitative estimate of drug-likeness (QED) is 0.210. The van der Waals surface area contributed by atoms with Crippen molar-refractivity contribution in [3.8, 4) is 5.75 Å². The molecular weight excluding hydrogens is 619 g/mol. The third kappa shape index (κ3) is 9.70. The van der Waals surface area contributed by atoms with Gasteiger partial charge in [-0.15, -0.1) is 10.2 Å². The van der Waals surface area contributed by atoms with Crippen molar-refractivity contribution in [2.24, 2.45) is 0 Å². The summed E-state index contributed by atoms with van der Waals surface area (Å²) in [5.41, 5.74) is -1.60. The lowest BCUT2D eigenvalue weighted by molar-refractivity contribution is -0.159. The molecular formula is C26H24F7N9O3. The standard InChI is InChI=1S/C26H24F7N9O3/c1-25(29,30)45-18-5-6-19(28)15(9-18)10-34-23(43)20-13-41(39-37-20)8-7-16(27)12-42-14-21(38-40-42)24(44)35-11-17-3-2-4-22(36-17)26(31,32)33/h2-6,9,13-14,16H,7-8,10-12H2,1H3,(H,34,43)(H,35,44). The van der Waals surface area contributed by atoms with Gasteiger partial charge in [-0.3, -0.25) is 14.3 Å². The number of amides is 2. The molecule has 1 atom stereocenters. The fourth-order valence-corrected chi connectivity index (χ4v) is 3.79. The van der Waals surface area contributed by atoms with Gasteiger partial charge in [-0.25, -0.2) is 18.4 Å². The minimum atomic E-state index is -4.63. The number of aryl methyl sites for hydroxylation is 1. The van der Waals surface area contributed by atoms with E-state index in [1.54, 1.807) is 0 Å². The van der Waals surface area contributed by atoms with Crippen molar-refractivity contribution in [3.05, 3.63) is 82.9 Å². The van der Waals surface area contributed by atoms with Crippen LogP contribution in [0.15, 0.2) is 48.8 Å². The van der Waals surface area contributed by atoms with Crippen LogP contribution >= 0.6 is 0 Å². The van der Waals surface area contributed by atoms with E-state index in [-0.39, 0.29) is 61.0 Å². The lowest BCUT2D eigenvalue weighted by atomic mass is 10.2. The summed E-state index contributed by atoms with van der Waals surface area (Å²) < 4.78 is 99.9. The Morgan fingerprint density at radius 3 is 2.24 bits per heavy atom. The molecule has 3 aromatic heterocycles. The molecule has 240 valence electrons. The van der Waals surface area contributed by atoms with Crippen LogP contribution in [0.2, 0.25) is 0 Å². The van der Waals surface area contributed by atoms with E-state index in [0.29, 0.717) is 6.92 Å². The second-order valence-corrected chi connectivity index (χ2v) is 9.62. The number of hydrogen-bond donors (Lipinski definition) is 2.